The zero-order valence-electron chi connectivity index (χ0n) is 14.8. The second kappa shape index (κ2) is 7.54. The minimum Gasteiger partial charge on any atom is -0.324 e. The largest absolute Gasteiger partial charge is 0.324 e. The van der Waals surface area contributed by atoms with Crippen molar-refractivity contribution in [1.29, 1.82) is 0 Å². The van der Waals surface area contributed by atoms with Gasteiger partial charge in [0.2, 0.25) is 5.95 Å². The Balaban J connectivity index is 1.90. The van der Waals surface area contributed by atoms with Gasteiger partial charge in [0.05, 0.1) is 0 Å². The first-order valence-electron chi connectivity index (χ1n) is 8.16. The van der Waals surface area contributed by atoms with Gasteiger partial charge in [-0.25, -0.2) is 9.97 Å². The molecule has 1 aromatic heterocycles. The van der Waals surface area contributed by atoms with Crippen molar-refractivity contribution >= 4 is 34.8 Å². The first kappa shape index (κ1) is 17.9. The molecule has 6 heteroatoms. The van der Waals surface area contributed by atoms with Gasteiger partial charge in [-0.05, 0) is 49.7 Å². The smallest absolute Gasteiger partial charge is 0.276 e. The van der Waals surface area contributed by atoms with Crippen LogP contribution in [-0.4, -0.2) is 22.9 Å². The van der Waals surface area contributed by atoms with Crippen molar-refractivity contribution in [2.45, 2.75) is 13.8 Å². The van der Waals surface area contributed by atoms with Crippen LogP contribution < -0.4 is 10.2 Å². The number of anilines is 3. The lowest BCUT2D eigenvalue weighted by atomic mass is 10.2. The molecule has 0 saturated heterocycles. The van der Waals surface area contributed by atoms with Gasteiger partial charge in [-0.1, -0.05) is 35.9 Å². The number of hydrogen-bond donors (Lipinski definition) is 1. The third-order valence-corrected chi connectivity index (χ3v) is 4.20. The van der Waals surface area contributed by atoms with Crippen LogP contribution in [0.2, 0.25) is 5.02 Å². The summed E-state index contributed by atoms with van der Waals surface area (Å²) in [5.41, 5.74) is 3.64. The molecule has 0 aliphatic heterocycles. The fourth-order valence-electron chi connectivity index (χ4n) is 2.52. The summed E-state index contributed by atoms with van der Waals surface area (Å²) >= 11 is 6.06. The van der Waals surface area contributed by atoms with Crippen LogP contribution in [0.5, 0.6) is 0 Å². The molecule has 5 nitrogen and oxygen atoms in total. The molecule has 0 unspecified atom stereocenters. The third-order valence-electron chi connectivity index (χ3n) is 3.97. The normalized spacial score (nSPS) is 10.5. The summed E-state index contributed by atoms with van der Waals surface area (Å²) in [6.45, 7) is 3.79. The summed E-state index contributed by atoms with van der Waals surface area (Å²) in [5, 5.41) is 3.77. The van der Waals surface area contributed by atoms with Crippen molar-refractivity contribution in [1.82, 2.24) is 9.97 Å². The maximum Gasteiger partial charge on any atom is 0.276 e. The van der Waals surface area contributed by atoms with E-state index < -0.39 is 0 Å². The number of aryl methyl sites for hydroxylation is 2. The maximum atomic E-state index is 12.8. The van der Waals surface area contributed by atoms with E-state index in [1.807, 2.05) is 56.3 Å². The predicted molar refractivity (Wildman–Crippen MR) is 105 cm³/mol. The van der Waals surface area contributed by atoms with Gasteiger partial charge in [-0.2, -0.15) is 0 Å². The number of nitrogens with zero attached hydrogens (tertiary/aromatic N) is 3. The number of nitrogens with one attached hydrogen (secondary N) is 1. The second-order valence-electron chi connectivity index (χ2n) is 6.00. The molecule has 132 valence electrons. The number of halogens is 1. The summed E-state index contributed by atoms with van der Waals surface area (Å²) in [7, 11) is 1.73. The lowest BCUT2D eigenvalue weighted by Crippen LogP contribution is -2.27. The van der Waals surface area contributed by atoms with Gasteiger partial charge >= 0.3 is 0 Å². The van der Waals surface area contributed by atoms with E-state index in [0.717, 1.165) is 16.9 Å². The highest BCUT2D eigenvalue weighted by atomic mass is 35.5. The Morgan fingerprint density at radius 2 is 1.77 bits per heavy atom. The van der Waals surface area contributed by atoms with E-state index in [1.54, 1.807) is 24.1 Å². The Labute approximate surface area is 157 Å². The summed E-state index contributed by atoms with van der Waals surface area (Å²) < 4.78 is 0. The maximum absolute atomic E-state index is 12.8. The Morgan fingerprint density at radius 3 is 2.50 bits per heavy atom. The van der Waals surface area contributed by atoms with Crippen LogP contribution in [-0.2, 0) is 0 Å². The van der Waals surface area contributed by atoms with E-state index in [0.29, 0.717) is 22.4 Å². The van der Waals surface area contributed by atoms with Gasteiger partial charge in [-0.3, -0.25) is 4.79 Å². The van der Waals surface area contributed by atoms with Crippen LogP contribution in [0.1, 0.15) is 21.7 Å². The molecule has 0 aliphatic carbocycles. The van der Waals surface area contributed by atoms with Gasteiger partial charge in [0.25, 0.3) is 5.91 Å². The first-order valence-corrected chi connectivity index (χ1v) is 8.54. The molecule has 3 rings (SSSR count). The Bertz CT molecular complexity index is 944. The van der Waals surface area contributed by atoms with Gasteiger partial charge in [0.1, 0.15) is 5.69 Å². The van der Waals surface area contributed by atoms with E-state index in [2.05, 4.69) is 15.3 Å². The van der Waals surface area contributed by atoms with Crippen molar-refractivity contribution < 1.29 is 4.79 Å². The van der Waals surface area contributed by atoms with E-state index in [4.69, 9.17) is 11.6 Å². The van der Waals surface area contributed by atoms with Gasteiger partial charge in [0, 0.05) is 29.1 Å². The van der Waals surface area contributed by atoms with Crippen LogP contribution in [0.3, 0.4) is 0 Å². The summed E-state index contributed by atoms with van der Waals surface area (Å²) in [6.07, 6.45) is 0. The SMILES string of the molecule is Cc1cc(C(=O)N(C)c2ccccc2)nc(Nc2cc(Cl)ccc2C)n1. The number of carbonyl (C=O) groups is 1. The fraction of sp³-hybridized carbons (Fsp3) is 0.150. The average Bonchev–Trinajstić information content (AvgIpc) is 2.64. The molecule has 1 heterocycles. The Kier molecular flexibility index (Phi) is 5.19. The van der Waals surface area contributed by atoms with Crippen molar-refractivity contribution in [2.24, 2.45) is 0 Å². The number of hydrogen-bond acceptors (Lipinski definition) is 4. The molecular formula is C20H19ClN4O. The van der Waals surface area contributed by atoms with Crippen molar-refractivity contribution in [2.75, 3.05) is 17.3 Å². The summed E-state index contributed by atoms with van der Waals surface area (Å²) in [5.74, 6) is 0.160. The summed E-state index contributed by atoms with van der Waals surface area (Å²) in [6, 6.07) is 16.7. The van der Waals surface area contributed by atoms with Crippen LogP contribution in [0, 0.1) is 13.8 Å². The molecular weight excluding hydrogens is 348 g/mol. The lowest BCUT2D eigenvalue weighted by Gasteiger charge is -2.17. The standard InChI is InChI=1S/C20H19ClN4O/c1-13-9-10-15(21)12-17(13)23-20-22-14(2)11-18(24-20)19(26)25(3)16-7-5-4-6-8-16/h4-12H,1-3H3,(H,22,23,24). The Hall–Kier alpha value is -2.92. The van der Waals surface area contributed by atoms with Crippen LogP contribution in [0.4, 0.5) is 17.3 Å². The van der Waals surface area contributed by atoms with Crippen LogP contribution in [0.25, 0.3) is 0 Å². The van der Waals surface area contributed by atoms with Crippen molar-refractivity contribution in [3.63, 3.8) is 0 Å². The highest BCUT2D eigenvalue weighted by Gasteiger charge is 2.17. The first-order chi connectivity index (χ1) is 12.4. The highest BCUT2D eigenvalue weighted by Crippen LogP contribution is 2.23. The number of para-hydroxylation sites is 1. The monoisotopic (exact) mass is 366 g/mol. The van der Waals surface area contributed by atoms with E-state index in [1.165, 1.54) is 0 Å². The van der Waals surface area contributed by atoms with E-state index in [-0.39, 0.29) is 5.91 Å². The van der Waals surface area contributed by atoms with Crippen molar-refractivity contribution in [3.8, 4) is 0 Å². The molecule has 1 N–H and O–H groups in total. The highest BCUT2D eigenvalue weighted by molar-refractivity contribution is 6.30. The average molecular weight is 367 g/mol. The zero-order valence-corrected chi connectivity index (χ0v) is 15.6. The molecule has 3 aromatic rings. The van der Waals surface area contributed by atoms with Gasteiger partial charge in [-0.15, -0.1) is 0 Å². The minimum absolute atomic E-state index is 0.201. The second-order valence-corrected chi connectivity index (χ2v) is 6.44. The van der Waals surface area contributed by atoms with Gasteiger partial charge in [0.15, 0.2) is 0 Å². The number of benzene rings is 2. The fourth-order valence-corrected chi connectivity index (χ4v) is 2.70. The number of carbonyl (C=O) groups excluding carboxylic acids is 1. The number of amides is 1. The molecule has 0 saturated carbocycles. The summed E-state index contributed by atoms with van der Waals surface area (Å²) in [4.78, 5) is 23.1. The number of aromatic nitrogens is 2. The Morgan fingerprint density at radius 1 is 1.04 bits per heavy atom. The third kappa shape index (κ3) is 4.00. The van der Waals surface area contributed by atoms with Crippen molar-refractivity contribution in [3.05, 3.63) is 76.6 Å². The molecule has 1 amide bonds. The molecule has 2 aromatic carbocycles. The van der Waals surface area contributed by atoms with E-state index >= 15 is 0 Å². The molecule has 0 bridgehead atoms. The molecule has 0 atom stereocenters. The quantitative estimate of drug-likeness (QED) is 0.722. The molecule has 0 fully saturated rings. The molecule has 0 spiro atoms. The van der Waals surface area contributed by atoms with Crippen LogP contribution >= 0.6 is 11.6 Å². The predicted octanol–water partition coefficient (Wildman–Crippen LogP) is 4.77. The number of rotatable bonds is 4. The zero-order chi connectivity index (χ0) is 18.7. The topological polar surface area (TPSA) is 58.1 Å². The lowest BCUT2D eigenvalue weighted by molar-refractivity contribution is 0.0988. The van der Waals surface area contributed by atoms with Gasteiger partial charge < -0.3 is 10.2 Å². The van der Waals surface area contributed by atoms with E-state index in [9.17, 15) is 4.79 Å². The molecule has 0 radical (unpaired) electrons. The molecule has 26 heavy (non-hydrogen) atoms. The van der Waals surface area contributed by atoms with Crippen LogP contribution in [0.15, 0.2) is 54.6 Å². The minimum atomic E-state index is -0.201. The molecule has 0 aliphatic rings.